The van der Waals surface area contributed by atoms with E-state index in [-0.39, 0.29) is 11.8 Å². The fourth-order valence-electron chi connectivity index (χ4n) is 3.04. The summed E-state index contributed by atoms with van der Waals surface area (Å²) < 4.78 is 0. The van der Waals surface area contributed by atoms with Crippen LogP contribution in [0.4, 0.5) is 0 Å². The van der Waals surface area contributed by atoms with Gasteiger partial charge in [-0.1, -0.05) is 44.2 Å². The Morgan fingerprint density at radius 3 is 2.48 bits per heavy atom. The second kappa shape index (κ2) is 9.60. The molecular formula is C18H26N2O2S. The van der Waals surface area contributed by atoms with Gasteiger partial charge in [0.2, 0.25) is 5.91 Å². The molecule has 1 aromatic rings. The first-order chi connectivity index (χ1) is 11.2. The van der Waals surface area contributed by atoms with Gasteiger partial charge in [-0.05, 0) is 24.5 Å². The smallest absolute Gasteiger partial charge is 0.252 e. The summed E-state index contributed by atoms with van der Waals surface area (Å²) >= 11 is 4.26. The molecule has 0 heterocycles. The second-order valence-corrected chi connectivity index (χ2v) is 6.65. The van der Waals surface area contributed by atoms with Crippen molar-refractivity contribution >= 4 is 24.4 Å². The summed E-state index contributed by atoms with van der Waals surface area (Å²) in [6, 6.07) is 7.17. The molecule has 1 saturated carbocycles. The number of nitrogens with one attached hydrogen (secondary N) is 2. The Morgan fingerprint density at radius 2 is 1.74 bits per heavy atom. The summed E-state index contributed by atoms with van der Waals surface area (Å²) in [5.41, 5.74) is 0.555. The lowest BCUT2D eigenvalue weighted by Crippen LogP contribution is -2.34. The van der Waals surface area contributed by atoms with Crippen molar-refractivity contribution in [1.82, 2.24) is 10.6 Å². The minimum absolute atomic E-state index is 0.0828. The van der Waals surface area contributed by atoms with Crippen LogP contribution in [0.1, 0.15) is 55.3 Å². The molecule has 1 aliphatic rings. The lowest BCUT2D eigenvalue weighted by atomic mass is 9.86. The molecule has 0 saturated heterocycles. The van der Waals surface area contributed by atoms with Crippen LogP contribution in [-0.4, -0.2) is 24.9 Å². The maximum atomic E-state index is 12.0. The van der Waals surface area contributed by atoms with E-state index in [4.69, 9.17) is 0 Å². The van der Waals surface area contributed by atoms with Crippen LogP contribution in [0.15, 0.2) is 29.2 Å². The zero-order valence-electron chi connectivity index (χ0n) is 13.5. The van der Waals surface area contributed by atoms with Gasteiger partial charge in [-0.25, -0.2) is 0 Å². The molecule has 0 aliphatic heterocycles. The van der Waals surface area contributed by atoms with E-state index in [1.54, 1.807) is 12.1 Å². The van der Waals surface area contributed by atoms with Crippen LogP contribution in [0.2, 0.25) is 0 Å². The van der Waals surface area contributed by atoms with Crippen molar-refractivity contribution in [2.45, 2.75) is 49.8 Å². The Hall–Kier alpha value is -1.49. The van der Waals surface area contributed by atoms with E-state index < -0.39 is 0 Å². The number of carbonyl (C=O) groups is 2. The Balaban J connectivity index is 1.58. The monoisotopic (exact) mass is 334 g/mol. The molecule has 2 rings (SSSR count). The summed E-state index contributed by atoms with van der Waals surface area (Å²) in [6.07, 6.45) is 8.09. The third kappa shape index (κ3) is 6.26. The third-order valence-electron chi connectivity index (χ3n) is 4.39. The van der Waals surface area contributed by atoms with Crippen molar-refractivity contribution in [3.05, 3.63) is 29.8 Å². The zero-order valence-corrected chi connectivity index (χ0v) is 14.4. The quantitative estimate of drug-likeness (QED) is 0.530. The average molecular weight is 334 g/mol. The molecule has 2 N–H and O–H groups in total. The normalized spacial score (nSPS) is 15.2. The molecule has 0 spiro atoms. The van der Waals surface area contributed by atoms with Gasteiger partial charge in [0, 0.05) is 24.4 Å². The van der Waals surface area contributed by atoms with Crippen LogP contribution < -0.4 is 10.6 Å². The fourth-order valence-corrected chi connectivity index (χ4v) is 3.30. The molecule has 1 aliphatic carbocycles. The molecule has 4 nitrogen and oxygen atoms in total. The minimum Gasteiger partial charge on any atom is -0.354 e. The van der Waals surface area contributed by atoms with Crippen molar-refractivity contribution in [1.29, 1.82) is 0 Å². The summed E-state index contributed by atoms with van der Waals surface area (Å²) in [4.78, 5) is 24.4. The van der Waals surface area contributed by atoms with E-state index >= 15 is 0 Å². The molecule has 5 heteroatoms. The van der Waals surface area contributed by atoms with Crippen molar-refractivity contribution < 1.29 is 9.59 Å². The van der Waals surface area contributed by atoms with Crippen molar-refractivity contribution in [3.63, 3.8) is 0 Å². The van der Waals surface area contributed by atoms with Gasteiger partial charge in [-0.3, -0.25) is 9.59 Å². The van der Waals surface area contributed by atoms with Crippen LogP contribution in [0.25, 0.3) is 0 Å². The Bertz CT molecular complexity index is 528. The van der Waals surface area contributed by atoms with Gasteiger partial charge in [0.1, 0.15) is 0 Å². The van der Waals surface area contributed by atoms with E-state index in [1.807, 2.05) is 12.1 Å². The first-order valence-corrected chi connectivity index (χ1v) is 8.94. The van der Waals surface area contributed by atoms with Crippen LogP contribution in [-0.2, 0) is 4.79 Å². The summed E-state index contributed by atoms with van der Waals surface area (Å²) in [5, 5.41) is 5.67. The lowest BCUT2D eigenvalue weighted by molar-refractivity contribution is -0.121. The number of carbonyl (C=O) groups excluding carboxylic acids is 2. The van der Waals surface area contributed by atoms with Crippen LogP contribution in [0.5, 0.6) is 0 Å². The molecule has 2 amide bonds. The third-order valence-corrected chi connectivity index (χ3v) is 4.78. The van der Waals surface area contributed by atoms with E-state index in [0.29, 0.717) is 30.0 Å². The largest absolute Gasteiger partial charge is 0.354 e. The topological polar surface area (TPSA) is 58.2 Å². The highest BCUT2D eigenvalue weighted by atomic mass is 32.1. The molecule has 0 unspecified atom stereocenters. The number of amides is 2. The van der Waals surface area contributed by atoms with Crippen molar-refractivity contribution in [2.24, 2.45) is 5.92 Å². The molecule has 126 valence electrons. The van der Waals surface area contributed by atoms with Gasteiger partial charge in [0.15, 0.2) is 0 Å². The van der Waals surface area contributed by atoms with Gasteiger partial charge in [-0.2, -0.15) is 0 Å². The number of rotatable bonds is 7. The maximum absolute atomic E-state index is 12.0. The molecule has 0 atom stereocenters. The Kier molecular flexibility index (Phi) is 7.46. The highest BCUT2D eigenvalue weighted by Crippen LogP contribution is 2.27. The Morgan fingerprint density at radius 1 is 1.04 bits per heavy atom. The second-order valence-electron chi connectivity index (χ2n) is 6.17. The number of hydrogen-bond donors (Lipinski definition) is 3. The summed E-state index contributed by atoms with van der Waals surface area (Å²) in [6.45, 7) is 0.889. The van der Waals surface area contributed by atoms with Gasteiger partial charge in [0.25, 0.3) is 5.91 Å². The van der Waals surface area contributed by atoms with Gasteiger partial charge < -0.3 is 10.6 Å². The SMILES string of the molecule is O=C(CCC1CCCCC1)NCCNC(=O)c1ccccc1S. The van der Waals surface area contributed by atoms with Gasteiger partial charge in [0.05, 0.1) is 5.56 Å². The number of benzene rings is 1. The summed E-state index contributed by atoms with van der Waals surface area (Å²) in [7, 11) is 0. The highest BCUT2D eigenvalue weighted by molar-refractivity contribution is 7.80. The number of hydrogen-bond acceptors (Lipinski definition) is 3. The van der Waals surface area contributed by atoms with Crippen LogP contribution >= 0.6 is 12.6 Å². The molecule has 0 radical (unpaired) electrons. The molecule has 0 bridgehead atoms. The Labute approximate surface area is 143 Å². The van der Waals surface area contributed by atoms with Crippen molar-refractivity contribution in [3.8, 4) is 0 Å². The maximum Gasteiger partial charge on any atom is 0.252 e. The molecule has 23 heavy (non-hydrogen) atoms. The molecular weight excluding hydrogens is 308 g/mol. The molecule has 0 aromatic heterocycles. The van der Waals surface area contributed by atoms with Gasteiger partial charge in [-0.15, -0.1) is 12.6 Å². The van der Waals surface area contributed by atoms with Gasteiger partial charge >= 0.3 is 0 Å². The molecule has 1 aromatic carbocycles. The predicted molar refractivity (Wildman–Crippen MR) is 94.8 cm³/mol. The number of thiol groups is 1. The van der Waals surface area contributed by atoms with E-state index in [9.17, 15) is 9.59 Å². The summed E-state index contributed by atoms with van der Waals surface area (Å²) in [5.74, 6) is 0.646. The van der Waals surface area contributed by atoms with E-state index in [1.165, 1.54) is 32.1 Å². The van der Waals surface area contributed by atoms with E-state index in [2.05, 4.69) is 23.3 Å². The highest BCUT2D eigenvalue weighted by Gasteiger charge is 2.14. The van der Waals surface area contributed by atoms with E-state index in [0.717, 1.165) is 12.3 Å². The standard InChI is InChI=1S/C18H26N2O2S/c21-17(11-10-14-6-2-1-3-7-14)19-12-13-20-18(22)15-8-4-5-9-16(15)23/h4-5,8-9,14,23H,1-3,6-7,10-13H2,(H,19,21)(H,20,22). The lowest BCUT2D eigenvalue weighted by Gasteiger charge is -2.21. The average Bonchev–Trinajstić information content (AvgIpc) is 2.58. The van der Waals surface area contributed by atoms with Crippen LogP contribution in [0.3, 0.4) is 0 Å². The zero-order chi connectivity index (χ0) is 16.5. The predicted octanol–water partition coefficient (Wildman–Crippen LogP) is 3.18. The molecule has 1 fully saturated rings. The first-order valence-electron chi connectivity index (χ1n) is 8.49. The fraction of sp³-hybridized carbons (Fsp3) is 0.556. The first kappa shape index (κ1) is 17.9. The minimum atomic E-state index is -0.160. The van der Waals surface area contributed by atoms with Crippen molar-refractivity contribution in [2.75, 3.05) is 13.1 Å². The van der Waals surface area contributed by atoms with Crippen LogP contribution in [0, 0.1) is 5.92 Å².